The Morgan fingerprint density at radius 1 is 1.00 bits per heavy atom. The zero-order valence-electron chi connectivity index (χ0n) is 23.3. The molecule has 0 saturated heterocycles. The molecule has 2 aromatic heterocycles. The highest BCUT2D eigenvalue weighted by Gasteiger charge is 2.32. The van der Waals surface area contributed by atoms with Crippen LogP contribution < -0.4 is 13.8 Å². The van der Waals surface area contributed by atoms with Crippen LogP contribution in [0.4, 0.5) is 23.2 Å². The fourth-order valence-corrected chi connectivity index (χ4v) is 5.38. The van der Waals surface area contributed by atoms with Gasteiger partial charge in [0.2, 0.25) is 15.9 Å². The maximum Gasteiger partial charge on any atom is 0.406 e. The zero-order valence-corrected chi connectivity index (χ0v) is 24.1. The molecular weight excluding hydrogens is 590 g/mol. The number of methoxy groups -OCH3 is 1. The van der Waals surface area contributed by atoms with Crippen LogP contribution in [-0.2, 0) is 29.6 Å². The number of fused-ring (bicyclic) bond motifs is 2. The predicted octanol–water partition coefficient (Wildman–Crippen LogP) is 6.17. The highest BCUT2D eigenvalue weighted by Crippen LogP contribution is 2.48. The van der Waals surface area contributed by atoms with E-state index in [0.717, 1.165) is 22.3 Å². The minimum absolute atomic E-state index is 0.0155. The summed E-state index contributed by atoms with van der Waals surface area (Å²) in [5.41, 5.74) is 2.23. The lowest BCUT2D eigenvalue weighted by atomic mass is 10.0. The Hall–Kier alpha value is -4.52. The molecule has 0 unspecified atom stereocenters. The Balaban J connectivity index is 1.76. The van der Waals surface area contributed by atoms with Gasteiger partial charge in [0.05, 0.1) is 24.4 Å². The highest BCUT2D eigenvalue weighted by atomic mass is 32.2. The van der Waals surface area contributed by atoms with Crippen LogP contribution in [0, 0.1) is 5.82 Å². The summed E-state index contributed by atoms with van der Waals surface area (Å²) < 4.78 is 92.3. The van der Waals surface area contributed by atoms with E-state index in [-0.39, 0.29) is 39.7 Å². The first-order valence-electron chi connectivity index (χ1n) is 12.9. The summed E-state index contributed by atoms with van der Waals surface area (Å²) in [6.45, 7) is -1.56. The topological polar surface area (TPSA) is 93.9 Å². The van der Waals surface area contributed by atoms with Gasteiger partial charge in [-0.25, -0.2) is 12.8 Å². The Morgan fingerprint density at radius 2 is 1.65 bits per heavy atom. The Kier molecular flexibility index (Phi) is 7.86. The summed E-state index contributed by atoms with van der Waals surface area (Å²) in [6, 6.07) is 14.4. The molecule has 0 aliphatic carbocycles. The van der Waals surface area contributed by atoms with E-state index in [0.29, 0.717) is 27.9 Å². The SMILES string of the molecule is COc1ccc(COc2c3ncc(Cc4ccc(F)cc4)cc3c(N(C)S(C)(=O)=O)c3cn(CC(F)(F)F)c(O)c23)cc1. The number of anilines is 1. The van der Waals surface area contributed by atoms with Gasteiger partial charge in [-0.05, 0) is 53.4 Å². The van der Waals surface area contributed by atoms with Crippen molar-refractivity contribution >= 4 is 37.4 Å². The number of benzene rings is 3. The van der Waals surface area contributed by atoms with Crippen molar-refractivity contribution in [2.45, 2.75) is 25.7 Å². The third-order valence-electron chi connectivity index (χ3n) is 6.97. The first-order valence-corrected chi connectivity index (χ1v) is 14.8. The number of aromatic nitrogens is 2. The second-order valence-corrected chi connectivity index (χ2v) is 12.1. The number of sulfonamides is 1. The van der Waals surface area contributed by atoms with Gasteiger partial charge in [0.15, 0.2) is 5.75 Å². The van der Waals surface area contributed by atoms with Gasteiger partial charge in [-0.15, -0.1) is 0 Å². The van der Waals surface area contributed by atoms with Crippen molar-refractivity contribution in [2.75, 3.05) is 24.7 Å². The molecule has 0 aliphatic rings. The van der Waals surface area contributed by atoms with Crippen LogP contribution in [0.25, 0.3) is 21.7 Å². The average molecular weight is 618 g/mol. The summed E-state index contributed by atoms with van der Waals surface area (Å²) >= 11 is 0. The van der Waals surface area contributed by atoms with E-state index >= 15 is 0 Å². The molecule has 0 spiro atoms. The summed E-state index contributed by atoms with van der Waals surface area (Å²) in [7, 11) is -1.14. The molecule has 2 heterocycles. The molecule has 0 atom stereocenters. The van der Waals surface area contributed by atoms with Gasteiger partial charge in [0.1, 0.15) is 30.2 Å². The van der Waals surface area contributed by atoms with E-state index in [9.17, 15) is 31.1 Å². The minimum Gasteiger partial charge on any atom is -0.497 e. The molecule has 43 heavy (non-hydrogen) atoms. The third kappa shape index (κ3) is 6.31. The molecule has 1 N–H and O–H groups in total. The number of aromatic hydroxyl groups is 1. The van der Waals surface area contributed by atoms with Gasteiger partial charge in [0.25, 0.3) is 0 Å². The Labute approximate surface area is 244 Å². The van der Waals surface area contributed by atoms with Crippen LogP contribution >= 0.6 is 0 Å². The quantitative estimate of drug-likeness (QED) is 0.199. The number of halogens is 4. The molecule has 5 aromatic rings. The van der Waals surface area contributed by atoms with E-state index in [1.165, 1.54) is 32.5 Å². The molecule has 0 bridgehead atoms. The van der Waals surface area contributed by atoms with Gasteiger partial charge < -0.3 is 19.1 Å². The molecule has 0 radical (unpaired) electrons. The van der Waals surface area contributed by atoms with Gasteiger partial charge in [0, 0.05) is 30.2 Å². The van der Waals surface area contributed by atoms with E-state index < -0.39 is 34.4 Å². The molecule has 0 fully saturated rings. The first kappa shape index (κ1) is 30.0. The standard InChI is InChI=1S/C30H27F4N3O5S/c1-36(43(3,39)40)27-23-13-20(12-18-4-8-21(31)9-5-18)14-35-26(23)28(42-16-19-6-10-22(41-2)11-7-19)25-24(27)15-37(29(25)38)17-30(32,33)34/h4-11,13-15,38H,12,16-17H2,1-3H3. The molecule has 3 aromatic carbocycles. The second kappa shape index (κ2) is 11.3. The average Bonchev–Trinajstić information content (AvgIpc) is 3.25. The summed E-state index contributed by atoms with van der Waals surface area (Å²) in [4.78, 5) is 4.55. The van der Waals surface area contributed by atoms with Crippen LogP contribution in [0.15, 0.2) is 67.0 Å². The molecule has 0 aliphatic heterocycles. The molecule has 8 nitrogen and oxygen atoms in total. The summed E-state index contributed by atoms with van der Waals surface area (Å²) in [5.74, 6) is -0.554. The zero-order chi connectivity index (χ0) is 31.1. The van der Waals surface area contributed by atoms with Crippen molar-refractivity contribution in [3.8, 4) is 17.4 Å². The molecule has 5 rings (SSSR count). The van der Waals surface area contributed by atoms with E-state index in [1.807, 2.05) is 0 Å². The van der Waals surface area contributed by atoms with Crippen LogP contribution in [0.1, 0.15) is 16.7 Å². The van der Waals surface area contributed by atoms with Crippen LogP contribution in [0.3, 0.4) is 0 Å². The van der Waals surface area contributed by atoms with Crippen LogP contribution in [-0.4, -0.2) is 49.7 Å². The number of alkyl halides is 3. The van der Waals surface area contributed by atoms with Crippen molar-refractivity contribution in [3.63, 3.8) is 0 Å². The van der Waals surface area contributed by atoms with E-state index in [2.05, 4.69) is 4.98 Å². The lowest BCUT2D eigenvalue weighted by molar-refractivity contribution is -0.141. The van der Waals surface area contributed by atoms with Crippen LogP contribution in [0.5, 0.6) is 17.4 Å². The van der Waals surface area contributed by atoms with Crippen molar-refractivity contribution in [2.24, 2.45) is 0 Å². The molecule has 13 heteroatoms. The second-order valence-electron chi connectivity index (χ2n) is 10.1. The number of rotatable bonds is 9. The monoisotopic (exact) mass is 617 g/mol. The summed E-state index contributed by atoms with van der Waals surface area (Å²) in [6.07, 6.45) is -0.834. The smallest absolute Gasteiger partial charge is 0.406 e. The molecule has 0 amide bonds. The lowest BCUT2D eigenvalue weighted by Crippen LogP contribution is -2.25. The van der Waals surface area contributed by atoms with Crippen LogP contribution in [0.2, 0.25) is 0 Å². The molecular formula is C30H27F4N3O5S. The van der Waals surface area contributed by atoms with Gasteiger partial charge in [-0.2, -0.15) is 13.2 Å². The van der Waals surface area contributed by atoms with Crippen molar-refractivity contribution in [1.29, 1.82) is 0 Å². The van der Waals surface area contributed by atoms with Crippen molar-refractivity contribution < 1.29 is 40.6 Å². The predicted molar refractivity (Wildman–Crippen MR) is 155 cm³/mol. The van der Waals surface area contributed by atoms with Gasteiger partial charge >= 0.3 is 6.18 Å². The molecule has 226 valence electrons. The third-order valence-corrected chi connectivity index (χ3v) is 8.15. The maximum absolute atomic E-state index is 13.5. The minimum atomic E-state index is -4.68. The fourth-order valence-electron chi connectivity index (χ4n) is 4.85. The number of hydrogen-bond acceptors (Lipinski definition) is 6. The Morgan fingerprint density at radius 3 is 2.26 bits per heavy atom. The Bertz CT molecular complexity index is 1910. The van der Waals surface area contributed by atoms with Gasteiger partial charge in [-0.3, -0.25) is 9.29 Å². The largest absolute Gasteiger partial charge is 0.497 e. The van der Waals surface area contributed by atoms with E-state index in [4.69, 9.17) is 9.47 Å². The lowest BCUT2D eigenvalue weighted by Gasteiger charge is -2.22. The first-order chi connectivity index (χ1) is 20.2. The summed E-state index contributed by atoms with van der Waals surface area (Å²) in [5, 5.41) is 11.3. The number of hydrogen-bond donors (Lipinski definition) is 1. The normalized spacial score (nSPS) is 12.2. The fraction of sp³-hybridized carbons (Fsp3) is 0.233. The van der Waals surface area contributed by atoms with E-state index in [1.54, 1.807) is 42.5 Å². The maximum atomic E-state index is 13.5. The van der Waals surface area contributed by atoms with Crippen molar-refractivity contribution in [3.05, 3.63) is 89.5 Å². The highest BCUT2D eigenvalue weighted by molar-refractivity contribution is 7.92. The molecule has 0 saturated carbocycles. The number of pyridine rings is 1. The number of nitrogens with zero attached hydrogens (tertiary/aromatic N) is 3. The van der Waals surface area contributed by atoms with Gasteiger partial charge in [-0.1, -0.05) is 24.3 Å². The number of ether oxygens (including phenoxy) is 2. The van der Waals surface area contributed by atoms with Crippen molar-refractivity contribution in [1.82, 2.24) is 9.55 Å².